The number of nitriles is 1. The van der Waals surface area contributed by atoms with Crippen molar-refractivity contribution >= 4 is 11.6 Å². The average molecular weight is 333 g/mol. The highest BCUT2D eigenvalue weighted by Crippen LogP contribution is 2.33. The van der Waals surface area contributed by atoms with Gasteiger partial charge in [-0.05, 0) is 13.8 Å². The number of carbonyl (C=O) groups excluding carboxylic acids is 1. The predicted octanol–water partition coefficient (Wildman–Crippen LogP) is 1.62. The highest BCUT2D eigenvalue weighted by atomic mass is 16.5. The van der Waals surface area contributed by atoms with Crippen molar-refractivity contribution in [2.75, 3.05) is 39.2 Å². The Morgan fingerprint density at radius 2 is 1.88 bits per heavy atom. The molecule has 7 nitrogen and oxygen atoms in total. The van der Waals surface area contributed by atoms with Crippen LogP contribution in [0.3, 0.4) is 0 Å². The number of morpholine rings is 1. The van der Waals surface area contributed by atoms with E-state index in [1.807, 2.05) is 18.7 Å². The standard InChI is InChI=1S/C17H23N3O4/c1-11-8-20(9-12(2)24-11)10-17(21)19-14-6-16(23-4)15(22-3)5-13(14)7-18/h5-6,11-12H,8-10H2,1-4H3,(H,19,21)/t11-,12+. The molecular formula is C17H23N3O4. The summed E-state index contributed by atoms with van der Waals surface area (Å²) >= 11 is 0. The molecule has 130 valence electrons. The first-order valence-electron chi connectivity index (χ1n) is 7.80. The van der Waals surface area contributed by atoms with Crippen LogP contribution in [0.5, 0.6) is 11.5 Å². The van der Waals surface area contributed by atoms with Gasteiger partial charge in [-0.15, -0.1) is 0 Å². The second-order valence-electron chi connectivity index (χ2n) is 5.86. The fraction of sp³-hybridized carbons (Fsp3) is 0.529. The molecule has 1 amide bonds. The predicted molar refractivity (Wildman–Crippen MR) is 89.3 cm³/mol. The lowest BCUT2D eigenvalue weighted by atomic mass is 10.1. The molecule has 1 saturated heterocycles. The number of carbonyl (C=O) groups is 1. The zero-order valence-electron chi connectivity index (χ0n) is 14.5. The number of benzene rings is 1. The van der Waals surface area contributed by atoms with Gasteiger partial charge in [-0.3, -0.25) is 9.69 Å². The fourth-order valence-corrected chi connectivity index (χ4v) is 2.88. The number of amides is 1. The van der Waals surface area contributed by atoms with Gasteiger partial charge in [-0.2, -0.15) is 5.26 Å². The van der Waals surface area contributed by atoms with Crippen LogP contribution in [0.1, 0.15) is 19.4 Å². The minimum atomic E-state index is -0.181. The molecule has 7 heteroatoms. The van der Waals surface area contributed by atoms with Crippen LogP contribution in [0.4, 0.5) is 5.69 Å². The van der Waals surface area contributed by atoms with Crippen molar-refractivity contribution < 1.29 is 19.0 Å². The minimum absolute atomic E-state index is 0.0947. The van der Waals surface area contributed by atoms with Crippen molar-refractivity contribution in [1.29, 1.82) is 5.26 Å². The summed E-state index contributed by atoms with van der Waals surface area (Å²) in [5, 5.41) is 12.1. The van der Waals surface area contributed by atoms with E-state index in [2.05, 4.69) is 11.4 Å². The molecule has 24 heavy (non-hydrogen) atoms. The summed E-state index contributed by atoms with van der Waals surface area (Å²) in [5.41, 5.74) is 0.735. The van der Waals surface area contributed by atoms with E-state index in [1.54, 1.807) is 12.1 Å². The number of anilines is 1. The van der Waals surface area contributed by atoms with Crippen LogP contribution in [0.2, 0.25) is 0 Å². The average Bonchev–Trinajstić information content (AvgIpc) is 2.53. The van der Waals surface area contributed by atoms with E-state index in [-0.39, 0.29) is 24.7 Å². The summed E-state index contributed by atoms with van der Waals surface area (Å²) < 4.78 is 16.1. The normalized spacial score (nSPS) is 21.0. The highest BCUT2D eigenvalue weighted by molar-refractivity contribution is 5.94. The van der Waals surface area contributed by atoms with E-state index in [4.69, 9.17) is 14.2 Å². The van der Waals surface area contributed by atoms with Crippen molar-refractivity contribution in [2.45, 2.75) is 26.1 Å². The van der Waals surface area contributed by atoms with Gasteiger partial charge in [-0.25, -0.2) is 0 Å². The molecule has 0 aromatic heterocycles. The molecule has 0 radical (unpaired) electrons. The Balaban J connectivity index is 2.09. The second kappa shape index (κ2) is 7.99. The lowest BCUT2D eigenvalue weighted by molar-refractivity contribution is -0.121. The van der Waals surface area contributed by atoms with E-state index < -0.39 is 0 Å². The maximum atomic E-state index is 12.3. The third-order valence-corrected chi connectivity index (χ3v) is 3.78. The van der Waals surface area contributed by atoms with Crippen LogP contribution >= 0.6 is 0 Å². The van der Waals surface area contributed by atoms with Gasteiger partial charge in [0, 0.05) is 25.2 Å². The van der Waals surface area contributed by atoms with Gasteiger partial charge in [0.15, 0.2) is 11.5 Å². The van der Waals surface area contributed by atoms with Crippen LogP contribution in [0, 0.1) is 11.3 Å². The van der Waals surface area contributed by atoms with Gasteiger partial charge < -0.3 is 19.5 Å². The van der Waals surface area contributed by atoms with Crippen LogP contribution in [0.25, 0.3) is 0 Å². The Morgan fingerprint density at radius 3 is 2.42 bits per heavy atom. The summed E-state index contributed by atoms with van der Waals surface area (Å²) in [5.74, 6) is 0.725. The van der Waals surface area contributed by atoms with Gasteiger partial charge in [0.25, 0.3) is 0 Å². The Hall–Kier alpha value is -2.30. The Kier molecular flexibility index (Phi) is 6.01. The van der Waals surface area contributed by atoms with Gasteiger partial charge in [0.1, 0.15) is 6.07 Å². The van der Waals surface area contributed by atoms with Gasteiger partial charge >= 0.3 is 0 Å². The van der Waals surface area contributed by atoms with E-state index in [0.717, 1.165) is 0 Å². The molecular weight excluding hydrogens is 310 g/mol. The third kappa shape index (κ3) is 4.37. The Bertz CT molecular complexity index is 631. The summed E-state index contributed by atoms with van der Waals surface area (Å²) in [6.07, 6.45) is 0.189. The number of ether oxygens (including phenoxy) is 3. The van der Waals surface area contributed by atoms with E-state index in [0.29, 0.717) is 35.8 Å². The zero-order valence-corrected chi connectivity index (χ0v) is 14.5. The molecule has 1 heterocycles. The highest BCUT2D eigenvalue weighted by Gasteiger charge is 2.24. The first kappa shape index (κ1) is 18.0. The first-order valence-corrected chi connectivity index (χ1v) is 7.80. The number of hydrogen-bond donors (Lipinski definition) is 1. The first-order chi connectivity index (χ1) is 11.5. The van der Waals surface area contributed by atoms with Crippen molar-refractivity contribution in [3.8, 4) is 17.6 Å². The van der Waals surface area contributed by atoms with Crippen molar-refractivity contribution in [2.24, 2.45) is 0 Å². The minimum Gasteiger partial charge on any atom is -0.493 e. The van der Waals surface area contributed by atoms with E-state index in [9.17, 15) is 10.1 Å². The summed E-state index contributed by atoms with van der Waals surface area (Å²) in [6.45, 7) is 5.63. The Labute approximate surface area is 142 Å². The molecule has 1 aliphatic heterocycles. The molecule has 0 saturated carbocycles. The van der Waals surface area contributed by atoms with Crippen molar-refractivity contribution in [3.63, 3.8) is 0 Å². The lowest BCUT2D eigenvalue weighted by Crippen LogP contribution is -2.48. The summed E-state index contributed by atoms with van der Waals surface area (Å²) in [4.78, 5) is 14.4. The van der Waals surface area contributed by atoms with Crippen LogP contribution in [0.15, 0.2) is 12.1 Å². The molecule has 2 rings (SSSR count). The second-order valence-corrected chi connectivity index (χ2v) is 5.86. The summed E-state index contributed by atoms with van der Waals surface area (Å²) in [6, 6.07) is 5.21. The van der Waals surface area contributed by atoms with Gasteiger partial charge in [0.2, 0.25) is 5.91 Å². The lowest BCUT2D eigenvalue weighted by Gasteiger charge is -2.34. The maximum Gasteiger partial charge on any atom is 0.238 e. The van der Waals surface area contributed by atoms with Crippen LogP contribution < -0.4 is 14.8 Å². The van der Waals surface area contributed by atoms with E-state index in [1.165, 1.54) is 14.2 Å². The van der Waals surface area contributed by atoms with Crippen molar-refractivity contribution in [1.82, 2.24) is 4.90 Å². The molecule has 0 bridgehead atoms. The number of nitrogens with one attached hydrogen (secondary N) is 1. The fourth-order valence-electron chi connectivity index (χ4n) is 2.88. The number of hydrogen-bond acceptors (Lipinski definition) is 6. The topological polar surface area (TPSA) is 83.8 Å². The molecule has 1 N–H and O–H groups in total. The van der Waals surface area contributed by atoms with Crippen LogP contribution in [-0.2, 0) is 9.53 Å². The molecule has 2 atom stereocenters. The molecule has 1 fully saturated rings. The third-order valence-electron chi connectivity index (χ3n) is 3.78. The van der Waals surface area contributed by atoms with Crippen molar-refractivity contribution in [3.05, 3.63) is 17.7 Å². The molecule has 0 spiro atoms. The van der Waals surface area contributed by atoms with Crippen LogP contribution in [-0.4, -0.2) is 56.9 Å². The number of nitrogens with zero attached hydrogens (tertiary/aromatic N) is 2. The van der Waals surface area contributed by atoms with E-state index >= 15 is 0 Å². The smallest absolute Gasteiger partial charge is 0.238 e. The quantitative estimate of drug-likeness (QED) is 0.881. The SMILES string of the molecule is COc1cc(C#N)c(NC(=O)CN2C[C@@H](C)O[C@@H](C)C2)cc1OC. The molecule has 1 aromatic carbocycles. The summed E-state index contributed by atoms with van der Waals surface area (Å²) in [7, 11) is 3.00. The monoisotopic (exact) mass is 333 g/mol. The number of methoxy groups -OCH3 is 2. The largest absolute Gasteiger partial charge is 0.493 e. The van der Waals surface area contributed by atoms with Gasteiger partial charge in [0.05, 0.1) is 44.2 Å². The molecule has 1 aromatic rings. The van der Waals surface area contributed by atoms with Gasteiger partial charge in [-0.1, -0.05) is 0 Å². The molecule has 1 aliphatic rings. The zero-order chi connectivity index (χ0) is 17.7. The Morgan fingerprint density at radius 1 is 1.29 bits per heavy atom. The molecule has 0 unspecified atom stereocenters. The number of rotatable bonds is 5. The molecule has 0 aliphatic carbocycles. The maximum absolute atomic E-state index is 12.3.